The van der Waals surface area contributed by atoms with E-state index in [0.717, 1.165) is 24.3 Å². The summed E-state index contributed by atoms with van der Waals surface area (Å²) in [7, 11) is 0. The minimum atomic E-state index is -0.304. The van der Waals surface area contributed by atoms with E-state index in [-0.39, 0.29) is 12.0 Å². The maximum Gasteiger partial charge on any atom is 0.330 e. The van der Waals surface area contributed by atoms with E-state index >= 15 is 0 Å². The van der Waals surface area contributed by atoms with Crippen LogP contribution in [0.15, 0.2) is 23.7 Å². The van der Waals surface area contributed by atoms with Crippen molar-refractivity contribution in [1.29, 1.82) is 0 Å². The van der Waals surface area contributed by atoms with Crippen LogP contribution in [0, 0.1) is 0 Å². The first-order chi connectivity index (χ1) is 9.81. The average Bonchev–Trinajstić information content (AvgIpc) is 2.96. The monoisotopic (exact) mass is 291 g/mol. The molecule has 5 nitrogen and oxygen atoms in total. The largest absolute Gasteiger partial charge is 0.464 e. The molecular formula is C14H17N3O2S. The molecule has 0 spiro atoms. The molecule has 1 atom stereocenters. The average molecular weight is 291 g/mol. The Morgan fingerprint density at radius 3 is 3.35 bits per heavy atom. The molecule has 2 aromatic rings. The van der Waals surface area contributed by atoms with Gasteiger partial charge in [-0.1, -0.05) is 0 Å². The lowest BCUT2D eigenvalue weighted by atomic mass is 10.1. The molecule has 1 fully saturated rings. The van der Waals surface area contributed by atoms with E-state index in [1.807, 2.05) is 13.0 Å². The molecule has 1 aliphatic rings. The van der Waals surface area contributed by atoms with E-state index < -0.39 is 0 Å². The van der Waals surface area contributed by atoms with E-state index in [1.165, 1.54) is 4.70 Å². The van der Waals surface area contributed by atoms with Crippen molar-refractivity contribution in [1.82, 2.24) is 10.3 Å². The van der Waals surface area contributed by atoms with Gasteiger partial charge in [-0.05, 0) is 24.4 Å². The fourth-order valence-electron chi connectivity index (χ4n) is 2.52. The summed E-state index contributed by atoms with van der Waals surface area (Å²) in [5.41, 5.74) is 0. The molecule has 0 radical (unpaired) electrons. The summed E-state index contributed by atoms with van der Waals surface area (Å²) in [6.45, 7) is 4.43. The molecule has 0 aliphatic carbocycles. The SMILES string of the molecule is CCOC(=O)C1CNCCN1c1nccc2sccc12. The second kappa shape index (κ2) is 5.76. The summed E-state index contributed by atoms with van der Waals surface area (Å²) >= 11 is 1.69. The van der Waals surface area contributed by atoms with Gasteiger partial charge in [0.25, 0.3) is 0 Å². The summed E-state index contributed by atoms with van der Waals surface area (Å²) in [6.07, 6.45) is 1.80. The summed E-state index contributed by atoms with van der Waals surface area (Å²) in [5, 5.41) is 6.41. The molecule has 0 aromatic carbocycles. The van der Waals surface area contributed by atoms with Gasteiger partial charge in [-0.15, -0.1) is 11.3 Å². The second-order valence-electron chi connectivity index (χ2n) is 4.63. The van der Waals surface area contributed by atoms with Crippen molar-refractivity contribution in [3.05, 3.63) is 23.7 Å². The number of aromatic nitrogens is 1. The molecule has 0 amide bonds. The van der Waals surface area contributed by atoms with Crippen molar-refractivity contribution in [2.24, 2.45) is 0 Å². The first-order valence-electron chi connectivity index (χ1n) is 6.77. The number of nitrogens with one attached hydrogen (secondary N) is 1. The number of rotatable bonds is 3. The molecule has 3 heterocycles. The maximum atomic E-state index is 12.1. The summed E-state index contributed by atoms with van der Waals surface area (Å²) in [6, 6.07) is 3.76. The molecular weight excluding hydrogens is 274 g/mol. The number of nitrogens with zero attached hydrogens (tertiary/aromatic N) is 2. The molecule has 3 rings (SSSR count). The van der Waals surface area contributed by atoms with Crippen LogP contribution in [0.1, 0.15) is 6.92 Å². The summed E-state index contributed by atoms with van der Waals surface area (Å²) in [4.78, 5) is 18.7. The lowest BCUT2D eigenvalue weighted by Gasteiger charge is -2.35. The Labute approximate surface area is 121 Å². The number of esters is 1. The van der Waals surface area contributed by atoms with Crippen molar-refractivity contribution >= 4 is 33.2 Å². The van der Waals surface area contributed by atoms with E-state index in [0.29, 0.717) is 13.2 Å². The molecule has 20 heavy (non-hydrogen) atoms. The molecule has 6 heteroatoms. The third kappa shape index (κ3) is 2.36. The first kappa shape index (κ1) is 13.3. The topological polar surface area (TPSA) is 54.5 Å². The zero-order valence-electron chi connectivity index (χ0n) is 11.3. The van der Waals surface area contributed by atoms with E-state index in [4.69, 9.17) is 4.74 Å². The van der Waals surface area contributed by atoms with Gasteiger partial charge >= 0.3 is 5.97 Å². The molecule has 0 saturated carbocycles. The van der Waals surface area contributed by atoms with Gasteiger partial charge in [-0.25, -0.2) is 9.78 Å². The standard InChI is InChI=1S/C14H17N3O2S/c1-2-19-14(18)11-9-15-6-7-17(11)13-10-4-8-20-12(10)3-5-16-13/h3-5,8,11,15H,2,6-7,9H2,1H3. The number of carbonyl (C=O) groups excluding carboxylic acids is 1. The first-order valence-corrected chi connectivity index (χ1v) is 7.65. The Hall–Kier alpha value is -1.66. The zero-order chi connectivity index (χ0) is 13.9. The smallest absolute Gasteiger partial charge is 0.330 e. The van der Waals surface area contributed by atoms with Crippen molar-refractivity contribution in [3.63, 3.8) is 0 Å². The van der Waals surface area contributed by atoms with E-state index in [1.54, 1.807) is 17.5 Å². The van der Waals surface area contributed by atoms with Gasteiger partial charge in [0, 0.05) is 35.9 Å². The summed E-state index contributed by atoms with van der Waals surface area (Å²) < 4.78 is 6.37. The Bertz CT molecular complexity index is 613. The van der Waals surface area contributed by atoms with Gasteiger partial charge in [0.05, 0.1) is 6.61 Å². The molecule has 1 unspecified atom stereocenters. The third-order valence-electron chi connectivity index (χ3n) is 3.43. The van der Waals surface area contributed by atoms with Gasteiger partial charge < -0.3 is 15.0 Å². The molecule has 1 N–H and O–H groups in total. The molecule has 1 aliphatic heterocycles. The van der Waals surface area contributed by atoms with Crippen LogP contribution < -0.4 is 10.2 Å². The van der Waals surface area contributed by atoms with Crippen LogP contribution in [0.25, 0.3) is 10.1 Å². The predicted molar refractivity (Wildman–Crippen MR) is 80.3 cm³/mol. The second-order valence-corrected chi connectivity index (χ2v) is 5.58. The Morgan fingerprint density at radius 2 is 2.50 bits per heavy atom. The van der Waals surface area contributed by atoms with Crippen molar-refractivity contribution in [2.45, 2.75) is 13.0 Å². The van der Waals surface area contributed by atoms with Crippen LogP contribution in [0.2, 0.25) is 0 Å². The maximum absolute atomic E-state index is 12.1. The Morgan fingerprint density at radius 1 is 1.60 bits per heavy atom. The Balaban J connectivity index is 1.97. The number of thiophene rings is 1. The number of fused-ring (bicyclic) bond motifs is 1. The quantitative estimate of drug-likeness (QED) is 0.871. The van der Waals surface area contributed by atoms with Crippen molar-refractivity contribution < 1.29 is 9.53 Å². The number of carbonyl (C=O) groups is 1. The fraction of sp³-hybridized carbons (Fsp3) is 0.429. The van der Waals surface area contributed by atoms with Crippen LogP contribution in [0.3, 0.4) is 0 Å². The van der Waals surface area contributed by atoms with Crippen LogP contribution in [-0.2, 0) is 9.53 Å². The van der Waals surface area contributed by atoms with Crippen LogP contribution in [-0.4, -0.2) is 43.2 Å². The normalized spacial score (nSPS) is 19.2. The number of hydrogen-bond donors (Lipinski definition) is 1. The van der Waals surface area contributed by atoms with Gasteiger partial charge in [0.1, 0.15) is 11.9 Å². The van der Waals surface area contributed by atoms with Gasteiger partial charge in [-0.2, -0.15) is 0 Å². The lowest BCUT2D eigenvalue weighted by Crippen LogP contribution is -2.56. The number of hydrogen-bond acceptors (Lipinski definition) is 6. The third-order valence-corrected chi connectivity index (χ3v) is 4.32. The number of pyridine rings is 1. The van der Waals surface area contributed by atoms with Gasteiger partial charge in [-0.3, -0.25) is 0 Å². The minimum absolute atomic E-state index is 0.186. The van der Waals surface area contributed by atoms with Crippen LogP contribution in [0.5, 0.6) is 0 Å². The minimum Gasteiger partial charge on any atom is -0.464 e. The highest BCUT2D eigenvalue weighted by atomic mass is 32.1. The summed E-state index contributed by atoms with van der Waals surface area (Å²) in [5.74, 6) is 0.692. The van der Waals surface area contributed by atoms with Crippen LogP contribution in [0.4, 0.5) is 5.82 Å². The highest BCUT2D eigenvalue weighted by Crippen LogP contribution is 2.30. The molecule has 2 aromatic heterocycles. The van der Waals surface area contributed by atoms with Crippen LogP contribution >= 0.6 is 11.3 Å². The highest BCUT2D eigenvalue weighted by Gasteiger charge is 2.31. The highest BCUT2D eigenvalue weighted by molar-refractivity contribution is 7.17. The Kier molecular flexibility index (Phi) is 3.84. The molecule has 1 saturated heterocycles. The lowest BCUT2D eigenvalue weighted by molar-refractivity contribution is -0.144. The van der Waals surface area contributed by atoms with E-state index in [2.05, 4.69) is 26.6 Å². The zero-order valence-corrected chi connectivity index (χ0v) is 12.2. The number of ether oxygens (including phenoxy) is 1. The van der Waals surface area contributed by atoms with E-state index in [9.17, 15) is 4.79 Å². The molecule has 0 bridgehead atoms. The fourth-order valence-corrected chi connectivity index (χ4v) is 3.29. The van der Waals surface area contributed by atoms with Gasteiger partial charge in [0.15, 0.2) is 0 Å². The predicted octanol–water partition coefficient (Wildman–Crippen LogP) is 1.64. The van der Waals surface area contributed by atoms with Crippen molar-refractivity contribution in [3.8, 4) is 0 Å². The number of anilines is 1. The van der Waals surface area contributed by atoms with Crippen molar-refractivity contribution in [2.75, 3.05) is 31.1 Å². The van der Waals surface area contributed by atoms with Gasteiger partial charge in [0.2, 0.25) is 0 Å². The number of piperazine rings is 1. The molecule has 106 valence electrons.